The normalized spacial score (nSPS) is 15.4. The molecule has 0 aliphatic heterocycles. The number of hydrogen-bond donors (Lipinski definition) is 0. The van der Waals surface area contributed by atoms with Crippen LogP contribution in [-0.4, -0.2) is 20.7 Å². The molecule has 0 aromatic carbocycles. The summed E-state index contributed by atoms with van der Waals surface area (Å²) in [5.74, 6) is 0. The second kappa shape index (κ2) is 5.38. The molecule has 0 amide bonds. The maximum Gasteiger partial charge on any atom is 0.0739 e. The van der Waals surface area contributed by atoms with Gasteiger partial charge in [-0.1, -0.05) is 0 Å². The summed E-state index contributed by atoms with van der Waals surface area (Å²) in [7, 11) is 2.03. The van der Waals surface area contributed by atoms with Gasteiger partial charge >= 0.3 is 0 Å². The Morgan fingerprint density at radius 3 is 2.79 bits per heavy atom. The van der Waals surface area contributed by atoms with Gasteiger partial charge in [0.05, 0.1) is 15.9 Å². The number of aryl methyl sites for hydroxylation is 2. The van der Waals surface area contributed by atoms with E-state index in [2.05, 4.69) is 42.8 Å². The highest BCUT2D eigenvalue weighted by molar-refractivity contribution is 9.10. The summed E-state index contributed by atoms with van der Waals surface area (Å²) < 4.78 is 3.16. The van der Waals surface area contributed by atoms with Gasteiger partial charge in [-0.25, -0.2) is 0 Å². The van der Waals surface area contributed by atoms with Crippen molar-refractivity contribution >= 4 is 27.3 Å². The van der Waals surface area contributed by atoms with E-state index in [1.54, 1.807) is 11.3 Å². The van der Waals surface area contributed by atoms with Gasteiger partial charge < -0.3 is 0 Å². The molecule has 0 atom stereocenters. The Labute approximate surface area is 126 Å². The third-order valence-electron chi connectivity index (χ3n) is 3.64. The second-order valence-electron chi connectivity index (χ2n) is 5.24. The number of hydrogen-bond acceptors (Lipinski definition) is 3. The minimum absolute atomic E-state index is 0.752. The molecule has 1 aliphatic carbocycles. The lowest BCUT2D eigenvalue weighted by Gasteiger charge is -2.21. The molecular formula is C14H18BrN3S. The third-order valence-corrected chi connectivity index (χ3v) is 5.41. The Kier molecular flexibility index (Phi) is 3.78. The van der Waals surface area contributed by atoms with Crippen LogP contribution in [0.1, 0.15) is 29.8 Å². The lowest BCUT2D eigenvalue weighted by molar-refractivity contribution is 0.239. The minimum atomic E-state index is 0.752. The molecule has 0 N–H and O–H groups in total. The molecule has 1 fully saturated rings. The van der Waals surface area contributed by atoms with E-state index in [-0.39, 0.29) is 0 Å². The van der Waals surface area contributed by atoms with Gasteiger partial charge in [0.15, 0.2) is 0 Å². The third kappa shape index (κ3) is 2.93. The first kappa shape index (κ1) is 13.3. The van der Waals surface area contributed by atoms with Gasteiger partial charge in [0.25, 0.3) is 0 Å². The van der Waals surface area contributed by atoms with Gasteiger partial charge in [0, 0.05) is 26.2 Å². The molecule has 0 saturated heterocycles. The largest absolute Gasteiger partial charge is 0.290 e. The van der Waals surface area contributed by atoms with E-state index >= 15 is 0 Å². The molecule has 2 aromatic rings. The highest BCUT2D eigenvalue weighted by Gasteiger charge is 2.30. The maximum atomic E-state index is 4.49. The number of nitrogens with zero attached hydrogens (tertiary/aromatic N) is 3. The zero-order chi connectivity index (χ0) is 13.4. The predicted molar refractivity (Wildman–Crippen MR) is 82.2 cm³/mol. The predicted octanol–water partition coefficient (Wildman–Crippen LogP) is 3.72. The Hall–Kier alpha value is -0.650. The topological polar surface area (TPSA) is 21.1 Å². The standard InChI is InChI=1S/C14H18BrN3S/c1-10-14(15)13(17(2)16-10)8-18(12-3-4-12)7-11-5-6-19-9-11/h5-6,9,12H,3-4,7-8H2,1-2H3. The van der Waals surface area contributed by atoms with E-state index in [0.29, 0.717) is 0 Å². The van der Waals surface area contributed by atoms with Gasteiger partial charge in [-0.2, -0.15) is 16.4 Å². The summed E-state index contributed by atoms with van der Waals surface area (Å²) in [6.45, 7) is 4.07. The van der Waals surface area contributed by atoms with Crippen molar-refractivity contribution in [2.75, 3.05) is 0 Å². The molecule has 102 valence electrons. The highest BCUT2D eigenvalue weighted by Crippen LogP contribution is 2.32. The highest BCUT2D eigenvalue weighted by atomic mass is 79.9. The van der Waals surface area contributed by atoms with Crippen LogP contribution in [0.15, 0.2) is 21.3 Å². The molecule has 0 radical (unpaired) electrons. The zero-order valence-corrected chi connectivity index (χ0v) is 13.7. The Bertz CT molecular complexity index is 558. The van der Waals surface area contributed by atoms with Crippen LogP contribution in [0.25, 0.3) is 0 Å². The van der Waals surface area contributed by atoms with Crippen LogP contribution in [0.4, 0.5) is 0 Å². The van der Waals surface area contributed by atoms with Crippen LogP contribution < -0.4 is 0 Å². The molecule has 1 saturated carbocycles. The van der Waals surface area contributed by atoms with Crippen LogP contribution >= 0.6 is 27.3 Å². The summed E-state index contributed by atoms with van der Waals surface area (Å²) in [5.41, 5.74) is 3.77. The summed E-state index contributed by atoms with van der Waals surface area (Å²) in [6, 6.07) is 2.98. The molecule has 3 nitrogen and oxygen atoms in total. The Balaban J connectivity index is 1.78. The summed E-state index contributed by atoms with van der Waals surface area (Å²) in [6.07, 6.45) is 2.66. The molecule has 1 aliphatic rings. The first-order chi connectivity index (χ1) is 9.15. The molecule has 2 aromatic heterocycles. The van der Waals surface area contributed by atoms with Gasteiger partial charge in [0.2, 0.25) is 0 Å². The van der Waals surface area contributed by atoms with Crippen LogP contribution in [0.2, 0.25) is 0 Å². The van der Waals surface area contributed by atoms with Gasteiger partial charge in [-0.05, 0) is 58.1 Å². The Morgan fingerprint density at radius 1 is 1.47 bits per heavy atom. The quantitative estimate of drug-likeness (QED) is 0.827. The van der Waals surface area contributed by atoms with E-state index in [0.717, 1.165) is 29.3 Å². The smallest absolute Gasteiger partial charge is 0.0739 e. The zero-order valence-electron chi connectivity index (χ0n) is 11.3. The number of thiophene rings is 1. The average molecular weight is 340 g/mol. The fraction of sp³-hybridized carbons (Fsp3) is 0.500. The van der Waals surface area contributed by atoms with Crippen molar-refractivity contribution in [2.45, 2.75) is 38.9 Å². The molecule has 2 heterocycles. The van der Waals surface area contributed by atoms with Crippen LogP contribution in [0, 0.1) is 6.92 Å². The number of rotatable bonds is 5. The molecule has 3 rings (SSSR count). The van der Waals surface area contributed by atoms with E-state index in [4.69, 9.17) is 0 Å². The van der Waals surface area contributed by atoms with Crippen LogP contribution in [0.5, 0.6) is 0 Å². The second-order valence-corrected chi connectivity index (χ2v) is 6.81. The van der Waals surface area contributed by atoms with E-state index < -0.39 is 0 Å². The Morgan fingerprint density at radius 2 is 2.26 bits per heavy atom. The average Bonchev–Trinajstić information content (AvgIpc) is 3.05. The van der Waals surface area contributed by atoms with E-state index in [1.807, 2.05) is 18.7 Å². The van der Waals surface area contributed by atoms with Crippen molar-refractivity contribution in [2.24, 2.45) is 7.05 Å². The van der Waals surface area contributed by atoms with Crippen molar-refractivity contribution in [1.29, 1.82) is 0 Å². The number of halogens is 1. The van der Waals surface area contributed by atoms with Crippen molar-refractivity contribution in [3.63, 3.8) is 0 Å². The van der Waals surface area contributed by atoms with Gasteiger partial charge in [-0.15, -0.1) is 0 Å². The van der Waals surface area contributed by atoms with E-state index in [1.165, 1.54) is 24.1 Å². The van der Waals surface area contributed by atoms with Crippen molar-refractivity contribution in [3.8, 4) is 0 Å². The molecule has 0 bridgehead atoms. The molecule has 19 heavy (non-hydrogen) atoms. The summed E-state index contributed by atoms with van der Waals surface area (Å²) in [4.78, 5) is 2.57. The first-order valence-electron chi connectivity index (χ1n) is 6.58. The van der Waals surface area contributed by atoms with Crippen molar-refractivity contribution in [3.05, 3.63) is 38.3 Å². The van der Waals surface area contributed by atoms with Gasteiger partial charge in [-0.3, -0.25) is 9.58 Å². The minimum Gasteiger partial charge on any atom is -0.290 e. The summed E-state index contributed by atoms with van der Waals surface area (Å²) in [5, 5.41) is 8.89. The lowest BCUT2D eigenvalue weighted by atomic mass is 10.2. The monoisotopic (exact) mass is 339 g/mol. The molecule has 0 spiro atoms. The fourth-order valence-corrected chi connectivity index (χ4v) is 3.54. The fourth-order valence-electron chi connectivity index (χ4n) is 2.42. The number of aromatic nitrogens is 2. The van der Waals surface area contributed by atoms with Crippen LogP contribution in [-0.2, 0) is 20.1 Å². The first-order valence-corrected chi connectivity index (χ1v) is 8.32. The van der Waals surface area contributed by atoms with E-state index in [9.17, 15) is 0 Å². The molecule has 5 heteroatoms. The van der Waals surface area contributed by atoms with Gasteiger partial charge in [0.1, 0.15) is 0 Å². The van der Waals surface area contributed by atoms with Crippen molar-refractivity contribution in [1.82, 2.24) is 14.7 Å². The molecular weight excluding hydrogens is 322 g/mol. The van der Waals surface area contributed by atoms with Crippen LogP contribution in [0.3, 0.4) is 0 Å². The lowest BCUT2D eigenvalue weighted by Crippen LogP contribution is -2.26. The van der Waals surface area contributed by atoms with Crippen molar-refractivity contribution < 1.29 is 0 Å². The summed E-state index contributed by atoms with van der Waals surface area (Å²) >= 11 is 5.45. The SMILES string of the molecule is Cc1nn(C)c(CN(Cc2ccsc2)C2CC2)c1Br. The molecule has 0 unspecified atom stereocenters. The maximum absolute atomic E-state index is 4.49.